The molecular formula is C21H28N4O3. The lowest BCUT2D eigenvalue weighted by molar-refractivity contribution is -0.142. The third-order valence-electron chi connectivity index (χ3n) is 5.11. The fraction of sp³-hybridized carbons (Fsp3) is 0.524. The topological polar surface area (TPSA) is 88.4 Å². The fourth-order valence-corrected chi connectivity index (χ4v) is 3.52. The molecule has 0 radical (unpaired) electrons. The van der Waals surface area contributed by atoms with Crippen molar-refractivity contribution in [1.82, 2.24) is 15.0 Å². The molecule has 0 saturated carbocycles. The zero-order valence-electron chi connectivity index (χ0n) is 16.4. The number of benzene rings is 1. The van der Waals surface area contributed by atoms with E-state index in [0.29, 0.717) is 38.5 Å². The van der Waals surface area contributed by atoms with Gasteiger partial charge in [0.1, 0.15) is 17.9 Å². The first-order chi connectivity index (χ1) is 13.7. The summed E-state index contributed by atoms with van der Waals surface area (Å²) >= 11 is 0. The van der Waals surface area contributed by atoms with E-state index < -0.39 is 5.97 Å². The number of carboxylic acids is 1. The van der Waals surface area contributed by atoms with Crippen molar-refractivity contribution in [1.29, 1.82) is 0 Å². The summed E-state index contributed by atoms with van der Waals surface area (Å²) < 4.78 is 5.68. The van der Waals surface area contributed by atoms with Gasteiger partial charge in [-0.3, -0.25) is 4.79 Å². The Balaban J connectivity index is 1.48. The lowest BCUT2D eigenvalue weighted by atomic mass is 9.97. The van der Waals surface area contributed by atoms with Crippen LogP contribution in [0.5, 0.6) is 5.75 Å². The molecule has 2 aromatic rings. The van der Waals surface area contributed by atoms with Gasteiger partial charge < -0.3 is 14.7 Å². The van der Waals surface area contributed by atoms with Crippen LogP contribution >= 0.6 is 0 Å². The van der Waals surface area contributed by atoms with Gasteiger partial charge in [-0.15, -0.1) is 0 Å². The molecule has 0 unspecified atom stereocenters. The first-order valence-corrected chi connectivity index (χ1v) is 10.0. The standard InChI is InChI=1S/C21H28N4O3/c1-2-28-18-9-5-3-7-16(18)8-4-6-10-19-22-15-23-21(24-19)25-13-11-17(12-14-25)20(26)27/h3,5,7,9,15,17H,2,4,6,8,10-14H2,1H3,(H,26,27). The first kappa shape index (κ1) is 20.0. The number of para-hydroxylation sites is 1. The normalized spacial score (nSPS) is 14.8. The third-order valence-corrected chi connectivity index (χ3v) is 5.11. The monoisotopic (exact) mass is 384 g/mol. The number of nitrogens with zero attached hydrogens (tertiary/aromatic N) is 4. The average Bonchev–Trinajstić information content (AvgIpc) is 2.73. The lowest BCUT2D eigenvalue weighted by Crippen LogP contribution is -2.37. The maximum atomic E-state index is 11.1. The zero-order valence-corrected chi connectivity index (χ0v) is 16.4. The second-order valence-electron chi connectivity index (χ2n) is 7.05. The van der Waals surface area contributed by atoms with Gasteiger partial charge >= 0.3 is 5.97 Å². The molecule has 1 aliphatic rings. The van der Waals surface area contributed by atoms with Crippen LogP contribution in [0.15, 0.2) is 30.6 Å². The molecule has 1 fully saturated rings. The Bertz CT molecular complexity index is 776. The highest BCUT2D eigenvalue weighted by atomic mass is 16.5. The number of hydrogen-bond acceptors (Lipinski definition) is 6. The number of aliphatic carboxylic acids is 1. The van der Waals surface area contributed by atoms with Gasteiger partial charge in [0.2, 0.25) is 5.95 Å². The summed E-state index contributed by atoms with van der Waals surface area (Å²) in [4.78, 5) is 26.3. The molecule has 150 valence electrons. The molecule has 7 nitrogen and oxygen atoms in total. The van der Waals surface area contributed by atoms with Crippen molar-refractivity contribution in [2.75, 3.05) is 24.6 Å². The quantitative estimate of drug-likeness (QED) is 0.664. The molecule has 28 heavy (non-hydrogen) atoms. The minimum atomic E-state index is -0.707. The fourth-order valence-electron chi connectivity index (χ4n) is 3.52. The Hall–Kier alpha value is -2.70. The molecule has 3 rings (SSSR count). The number of hydrogen-bond donors (Lipinski definition) is 1. The van der Waals surface area contributed by atoms with Crippen molar-refractivity contribution < 1.29 is 14.6 Å². The Morgan fingerprint density at radius 1 is 1.18 bits per heavy atom. The van der Waals surface area contributed by atoms with E-state index in [1.54, 1.807) is 6.33 Å². The highest BCUT2D eigenvalue weighted by Crippen LogP contribution is 2.22. The minimum Gasteiger partial charge on any atom is -0.494 e. The van der Waals surface area contributed by atoms with Gasteiger partial charge in [-0.1, -0.05) is 18.2 Å². The van der Waals surface area contributed by atoms with E-state index >= 15 is 0 Å². The van der Waals surface area contributed by atoms with Crippen molar-refractivity contribution in [2.45, 2.75) is 45.4 Å². The highest BCUT2D eigenvalue weighted by molar-refractivity contribution is 5.70. The maximum Gasteiger partial charge on any atom is 0.306 e. The van der Waals surface area contributed by atoms with Crippen LogP contribution in [0.25, 0.3) is 0 Å². The van der Waals surface area contributed by atoms with E-state index in [0.717, 1.165) is 37.3 Å². The molecule has 7 heteroatoms. The van der Waals surface area contributed by atoms with Crippen molar-refractivity contribution >= 4 is 11.9 Å². The molecule has 1 saturated heterocycles. The second kappa shape index (κ2) is 10.0. The van der Waals surface area contributed by atoms with E-state index in [1.165, 1.54) is 5.56 Å². The molecule has 1 aliphatic heterocycles. The molecule has 1 aromatic heterocycles. The number of ether oxygens (including phenoxy) is 1. The van der Waals surface area contributed by atoms with Crippen LogP contribution in [0.2, 0.25) is 0 Å². The number of unbranched alkanes of at least 4 members (excludes halogenated alkanes) is 1. The zero-order chi connectivity index (χ0) is 19.8. The largest absolute Gasteiger partial charge is 0.494 e. The van der Waals surface area contributed by atoms with Gasteiger partial charge in [0.15, 0.2) is 0 Å². The number of aryl methyl sites for hydroxylation is 2. The van der Waals surface area contributed by atoms with E-state index in [1.807, 2.05) is 25.1 Å². The summed E-state index contributed by atoms with van der Waals surface area (Å²) in [7, 11) is 0. The van der Waals surface area contributed by atoms with Crippen molar-refractivity contribution in [3.8, 4) is 5.75 Å². The molecule has 0 atom stereocenters. The van der Waals surface area contributed by atoms with Gasteiger partial charge in [-0.2, -0.15) is 4.98 Å². The van der Waals surface area contributed by atoms with Crippen LogP contribution in [0.4, 0.5) is 5.95 Å². The summed E-state index contributed by atoms with van der Waals surface area (Å²) in [6, 6.07) is 8.18. The van der Waals surface area contributed by atoms with Crippen LogP contribution in [-0.2, 0) is 17.6 Å². The van der Waals surface area contributed by atoms with Gasteiger partial charge in [-0.25, -0.2) is 9.97 Å². The Morgan fingerprint density at radius 3 is 2.68 bits per heavy atom. The van der Waals surface area contributed by atoms with Gasteiger partial charge in [0.05, 0.1) is 12.5 Å². The summed E-state index contributed by atoms with van der Waals surface area (Å²) in [5.41, 5.74) is 1.24. The van der Waals surface area contributed by atoms with Crippen LogP contribution in [0, 0.1) is 5.92 Å². The molecule has 1 aromatic carbocycles. The molecular weight excluding hydrogens is 356 g/mol. The lowest BCUT2D eigenvalue weighted by Gasteiger charge is -2.30. The molecule has 0 amide bonds. The SMILES string of the molecule is CCOc1ccccc1CCCCc1ncnc(N2CCC(C(=O)O)CC2)n1. The van der Waals surface area contributed by atoms with E-state index in [9.17, 15) is 4.79 Å². The van der Waals surface area contributed by atoms with Gasteiger partial charge in [-0.05, 0) is 50.7 Å². The van der Waals surface area contributed by atoms with Crippen LogP contribution in [0.1, 0.15) is 44.0 Å². The highest BCUT2D eigenvalue weighted by Gasteiger charge is 2.25. The Labute approximate surface area is 165 Å². The summed E-state index contributed by atoms with van der Waals surface area (Å²) in [5.74, 6) is 1.47. The Kier molecular flexibility index (Phi) is 7.17. The average molecular weight is 384 g/mol. The smallest absolute Gasteiger partial charge is 0.306 e. The minimum absolute atomic E-state index is 0.253. The molecule has 0 bridgehead atoms. The van der Waals surface area contributed by atoms with E-state index in [2.05, 4.69) is 25.9 Å². The van der Waals surface area contributed by atoms with Crippen molar-refractivity contribution in [2.24, 2.45) is 5.92 Å². The van der Waals surface area contributed by atoms with Crippen molar-refractivity contribution in [3.63, 3.8) is 0 Å². The van der Waals surface area contributed by atoms with E-state index in [-0.39, 0.29) is 5.92 Å². The number of carboxylic acid groups (broad SMARTS) is 1. The van der Waals surface area contributed by atoms with Crippen LogP contribution < -0.4 is 9.64 Å². The van der Waals surface area contributed by atoms with E-state index in [4.69, 9.17) is 9.84 Å². The second-order valence-corrected chi connectivity index (χ2v) is 7.05. The molecule has 1 N–H and O–H groups in total. The number of rotatable bonds is 9. The van der Waals surface area contributed by atoms with Crippen molar-refractivity contribution in [3.05, 3.63) is 42.0 Å². The third kappa shape index (κ3) is 5.41. The molecule has 0 aliphatic carbocycles. The number of aromatic nitrogens is 3. The molecule has 0 spiro atoms. The number of carbonyl (C=O) groups is 1. The summed E-state index contributed by atoms with van der Waals surface area (Å²) in [6.45, 7) is 4.02. The van der Waals surface area contributed by atoms with Crippen LogP contribution in [0.3, 0.4) is 0 Å². The number of anilines is 1. The Morgan fingerprint density at radius 2 is 1.93 bits per heavy atom. The summed E-state index contributed by atoms with van der Waals surface area (Å²) in [5, 5.41) is 9.12. The van der Waals surface area contributed by atoms with Gasteiger partial charge in [0.25, 0.3) is 0 Å². The van der Waals surface area contributed by atoms with Crippen LogP contribution in [-0.4, -0.2) is 45.7 Å². The maximum absolute atomic E-state index is 11.1. The van der Waals surface area contributed by atoms with Gasteiger partial charge in [0, 0.05) is 19.5 Å². The molecule has 2 heterocycles. The summed E-state index contributed by atoms with van der Waals surface area (Å²) in [6.07, 6.45) is 6.63. The number of piperidine rings is 1. The predicted octanol–water partition coefficient (Wildman–Crippen LogP) is 3.14. The predicted molar refractivity (Wildman–Crippen MR) is 107 cm³/mol. The first-order valence-electron chi connectivity index (χ1n) is 10.0.